The third-order valence-electron chi connectivity index (χ3n) is 6.50. The van der Waals surface area contributed by atoms with Crippen LogP contribution in [0.5, 0.6) is 0 Å². The van der Waals surface area contributed by atoms with Crippen LogP contribution in [0, 0.1) is 16.0 Å². The Balaban J connectivity index is 1.56. The van der Waals surface area contributed by atoms with E-state index in [1.165, 1.54) is 47.8 Å². The number of sulfonamides is 1. The summed E-state index contributed by atoms with van der Waals surface area (Å²) in [5, 5.41) is 13.6. The highest BCUT2D eigenvalue weighted by Gasteiger charge is 2.54. The van der Waals surface area contributed by atoms with E-state index in [2.05, 4.69) is 5.32 Å². The van der Waals surface area contributed by atoms with Crippen molar-refractivity contribution in [1.29, 1.82) is 0 Å². The molecular weight excluding hydrogens is 462 g/mol. The second-order valence-electron chi connectivity index (χ2n) is 8.53. The Kier molecular flexibility index (Phi) is 6.67. The van der Waals surface area contributed by atoms with E-state index in [0.29, 0.717) is 18.4 Å². The molecule has 1 amide bonds. The van der Waals surface area contributed by atoms with Crippen molar-refractivity contribution in [3.05, 3.63) is 70.3 Å². The molecule has 0 aromatic heterocycles. The lowest BCUT2D eigenvalue weighted by Gasteiger charge is -2.34. The van der Waals surface area contributed by atoms with Crippen molar-refractivity contribution in [2.45, 2.75) is 48.7 Å². The van der Waals surface area contributed by atoms with Gasteiger partial charge >= 0.3 is 5.97 Å². The van der Waals surface area contributed by atoms with Crippen LogP contribution in [-0.2, 0) is 30.8 Å². The van der Waals surface area contributed by atoms with Crippen LogP contribution in [0.4, 0.5) is 5.69 Å². The maximum atomic E-state index is 13.4. The number of methoxy groups -OCH3 is 1. The van der Waals surface area contributed by atoms with Crippen molar-refractivity contribution in [2.24, 2.45) is 5.92 Å². The summed E-state index contributed by atoms with van der Waals surface area (Å²) in [6.45, 7) is 0. The number of hydrogen-bond acceptors (Lipinski definition) is 7. The molecule has 2 bridgehead atoms. The highest BCUT2D eigenvalue weighted by Crippen LogP contribution is 2.45. The second-order valence-corrected chi connectivity index (χ2v) is 10.4. The van der Waals surface area contributed by atoms with Crippen LogP contribution in [0.2, 0.25) is 0 Å². The zero-order valence-corrected chi connectivity index (χ0v) is 19.3. The number of esters is 1. The smallest absolute Gasteiger partial charge is 0.328 e. The van der Waals surface area contributed by atoms with E-state index in [9.17, 15) is 28.1 Å². The normalized spacial score (nSPS) is 22.8. The number of ether oxygens (including phenoxy) is 1. The molecule has 4 rings (SSSR count). The lowest BCUT2D eigenvalue weighted by Crippen LogP contribution is -2.56. The molecule has 11 heteroatoms. The number of nitrogens with zero attached hydrogens (tertiary/aromatic N) is 2. The van der Waals surface area contributed by atoms with Crippen molar-refractivity contribution in [2.75, 3.05) is 7.11 Å². The van der Waals surface area contributed by atoms with Gasteiger partial charge in [-0.25, -0.2) is 13.2 Å². The van der Waals surface area contributed by atoms with E-state index < -0.39 is 38.9 Å². The molecule has 2 aromatic carbocycles. The average molecular weight is 488 g/mol. The Morgan fingerprint density at radius 2 is 1.82 bits per heavy atom. The van der Waals surface area contributed by atoms with Crippen molar-refractivity contribution >= 4 is 27.6 Å². The Labute approximate surface area is 197 Å². The summed E-state index contributed by atoms with van der Waals surface area (Å²) in [5.74, 6) is -1.38. The summed E-state index contributed by atoms with van der Waals surface area (Å²) in [7, 11) is -2.71. The van der Waals surface area contributed by atoms with Crippen molar-refractivity contribution in [1.82, 2.24) is 9.62 Å². The predicted molar refractivity (Wildman–Crippen MR) is 121 cm³/mol. The number of nitrogens with one attached hydrogen (secondary N) is 1. The highest BCUT2D eigenvalue weighted by molar-refractivity contribution is 7.89. The summed E-state index contributed by atoms with van der Waals surface area (Å²) in [6.07, 6.45) is 2.05. The van der Waals surface area contributed by atoms with Gasteiger partial charge < -0.3 is 10.1 Å². The van der Waals surface area contributed by atoms with E-state index in [1.54, 1.807) is 18.2 Å². The number of piperidine rings is 1. The number of non-ortho nitro benzene ring substituents is 1. The fourth-order valence-corrected chi connectivity index (χ4v) is 6.81. The molecule has 1 heterocycles. The maximum Gasteiger partial charge on any atom is 0.328 e. The van der Waals surface area contributed by atoms with Gasteiger partial charge in [-0.05, 0) is 42.9 Å². The summed E-state index contributed by atoms with van der Waals surface area (Å²) in [6, 6.07) is 11.4. The lowest BCUT2D eigenvalue weighted by atomic mass is 9.98. The Hall–Kier alpha value is -3.31. The molecule has 1 N–H and O–H groups in total. The second kappa shape index (κ2) is 9.51. The molecule has 0 spiro atoms. The molecule has 1 saturated carbocycles. The highest BCUT2D eigenvalue weighted by atomic mass is 32.2. The van der Waals surface area contributed by atoms with E-state index in [4.69, 9.17) is 4.74 Å². The van der Waals surface area contributed by atoms with Gasteiger partial charge in [0, 0.05) is 24.6 Å². The van der Waals surface area contributed by atoms with Gasteiger partial charge in [0.1, 0.15) is 12.1 Å². The number of carbonyl (C=O) groups excluding carboxylic acids is 2. The minimum absolute atomic E-state index is 0.0443. The summed E-state index contributed by atoms with van der Waals surface area (Å²) in [4.78, 5) is 36.3. The average Bonchev–Trinajstić information content (AvgIpc) is 3.46. The lowest BCUT2D eigenvalue weighted by molar-refractivity contribution is -0.384. The van der Waals surface area contributed by atoms with Crippen LogP contribution in [0.1, 0.15) is 24.8 Å². The first-order chi connectivity index (χ1) is 16.2. The maximum absolute atomic E-state index is 13.4. The van der Waals surface area contributed by atoms with E-state index in [1.807, 2.05) is 0 Å². The van der Waals surface area contributed by atoms with Crippen molar-refractivity contribution in [3.8, 4) is 0 Å². The van der Waals surface area contributed by atoms with Gasteiger partial charge in [0.2, 0.25) is 15.9 Å². The molecule has 1 aliphatic carbocycles. The van der Waals surface area contributed by atoms with Gasteiger partial charge in [-0.2, -0.15) is 4.31 Å². The quantitative estimate of drug-likeness (QED) is 0.342. The number of nitro benzene ring substituents is 1. The first-order valence-corrected chi connectivity index (χ1v) is 12.4. The van der Waals surface area contributed by atoms with E-state index in [-0.39, 0.29) is 29.0 Å². The van der Waals surface area contributed by atoms with Gasteiger partial charge in [0.25, 0.3) is 5.69 Å². The molecule has 4 unspecified atom stereocenters. The third-order valence-corrected chi connectivity index (χ3v) is 8.45. The number of benzene rings is 2. The fraction of sp³-hybridized carbons (Fsp3) is 0.391. The zero-order chi connectivity index (χ0) is 24.5. The van der Waals surface area contributed by atoms with Crippen molar-refractivity contribution < 1.29 is 27.7 Å². The number of amides is 1. The number of fused-ring (bicyclic) bond motifs is 2. The summed E-state index contributed by atoms with van der Waals surface area (Å²) < 4.78 is 32.9. The van der Waals surface area contributed by atoms with Gasteiger partial charge in [-0.15, -0.1) is 0 Å². The molecule has 4 atom stereocenters. The summed E-state index contributed by atoms with van der Waals surface area (Å²) >= 11 is 0. The predicted octanol–water partition coefficient (Wildman–Crippen LogP) is 2.04. The number of rotatable bonds is 8. The Morgan fingerprint density at radius 1 is 1.15 bits per heavy atom. The topological polar surface area (TPSA) is 136 Å². The van der Waals surface area contributed by atoms with Gasteiger partial charge in [0.05, 0.1) is 16.9 Å². The molecule has 2 aliphatic rings. The minimum Gasteiger partial charge on any atom is -0.467 e. The van der Waals surface area contributed by atoms with E-state index in [0.717, 1.165) is 6.42 Å². The molecular formula is C23H25N3O7S. The van der Waals surface area contributed by atoms with Crippen LogP contribution in [0.3, 0.4) is 0 Å². The molecule has 10 nitrogen and oxygen atoms in total. The van der Waals surface area contributed by atoms with Crippen molar-refractivity contribution in [3.63, 3.8) is 0 Å². The van der Waals surface area contributed by atoms with Crippen LogP contribution in [0.15, 0.2) is 59.5 Å². The number of carbonyl (C=O) groups is 2. The molecule has 2 aromatic rings. The van der Waals surface area contributed by atoms with Crippen LogP contribution >= 0.6 is 0 Å². The monoisotopic (exact) mass is 487 g/mol. The number of nitro groups is 1. The van der Waals surface area contributed by atoms with Crippen LogP contribution in [0.25, 0.3) is 0 Å². The zero-order valence-electron chi connectivity index (χ0n) is 18.5. The number of hydrogen-bond donors (Lipinski definition) is 1. The standard InChI is InChI=1S/C23H25N3O7S/c1-33-23(28)20(13-15-7-10-17(11-8-15)26(29)30)24-22(27)21-16-9-12-18(14-16)25(21)34(31,32)19-5-3-2-4-6-19/h2-8,10-11,16,18,20-21H,9,12-14H2,1H3,(H,24,27). The molecule has 0 radical (unpaired) electrons. The van der Waals surface area contributed by atoms with Gasteiger partial charge in [-0.3, -0.25) is 14.9 Å². The first-order valence-electron chi connectivity index (χ1n) is 10.9. The Morgan fingerprint density at radius 3 is 2.44 bits per heavy atom. The summed E-state index contributed by atoms with van der Waals surface area (Å²) in [5.41, 5.74) is 0.495. The largest absolute Gasteiger partial charge is 0.467 e. The SMILES string of the molecule is COC(=O)C(Cc1ccc([N+](=O)[O-])cc1)NC(=O)C1C2CCC(C2)N1S(=O)(=O)c1ccccc1. The van der Waals surface area contributed by atoms with Crippen LogP contribution in [-0.4, -0.2) is 54.8 Å². The minimum atomic E-state index is -3.90. The molecule has 1 aliphatic heterocycles. The van der Waals surface area contributed by atoms with E-state index >= 15 is 0 Å². The van der Waals surface area contributed by atoms with Crippen LogP contribution < -0.4 is 5.32 Å². The molecule has 2 fully saturated rings. The van der Waals surface area contributed by atoms with Gasteiger partial charge in [0.15, 0.2) is 0 Å². The Bertz CT molecular complexity index is 1180. The van der Waals surface area contributed by atoms with Gasteiger partial charge in [-0.1, -0.05) is 30.3 Å². The first kappa shape index (κ1) is 23.8. The third kappa shape index (κ3) is 4.53. The molecule has 34 heavy (non-hydrogen) atoms. The molecule has 1 saturated heterocycles. The molecule has 180 valence electrons. The fourth-order valence-electron chi connectivity index (χ4n) is 4.92.